The lowest BCUT2D eigenvalue weighted by atomic mass is 10.00. The van der Waals surface area contributed by atoms with Crippen molar-refractivity contribution < 1.29 is 22.8 Å². The number of nitrogens with zero attached hydrogens (tertiary/aromatic N) is 3. The first kappa shape index (κ1) is 23.7. The van der Waals surface area contributed by atoms with Crippen molar-refractivity contribution >= 4 is 28.9 Å². The van der Waals surface area contributed by atoms with Crippen LogP contribution in [-0.4, -0.2) is 41.0 Å². The molecule has 1 aliphatic rings. The molecule has 9 heteroatoms. The smallest absolute Gasteiger partial charge is 0.332 e. The van der Waals surface area contributed by atoms with Crippen LogP contribution >= 0.6 is 11.3 Å². The van der Waals surface area contributed by atoms with E-state index in [-0.39, 0.29) is 24.1 Å². The lowest BCUT2D eigenvalue weighted by Crippen LogP contribution is -2.39. The Morgan fingerprint density at radius 2 is 1.76 bits per heavy atom. The van der Waals surface area contributed by atoms with Crippen molar-refractivity contribution in [2.24, 2.45) is 5.10 Å². The summed E-state index contributed by atoms with van der Waals surface area (Å²) in [6, 6.07) is 15.4. The summed E-state index contributed by atoms with van der Waals surface area (Å²) in [5.74, 6) is -0.921. The summed E-state index contributed by atoms with van der Waals surface area (Å²) in [6.07, 6.45) is -3.94. The van der Waals surface area contributed by atoms with E-state index in [9.17, 15) is 22.8 Å². The normalized spacial score (nSPS) is 15.9. The summed E-state index contributed by atoms with van der Waals surface area (Å²) >= 11 is 1.54. The molecule has 0 bridgehead atoms. The Labute approximate surface area is 199 Å². The Morgan fingerprint density at radius 3 is 2.35 bits per heavy atom. The number of carbonyl (C=O) groups excluding carboxylic acids is 2. The average Bonchev–Trinajstić information content (AvgIpc) is 3.49. The summed E-state index contributed by atoms with van der Waals surface area (Å²) in [4.78, 5) is 28.1. The van der Waals surface area contributed by atoms with Gasteiger partial charge in [0.25, 0.3) is 11.8 Å². The predicted octanol–water partition coefficient (Wildman–Crippen LogP) is 5.53. The van der Waals surface area contributed by atoms with Crippen LogP contribution in [0.15, 0.2) is 71.1 Å². The summed E-state index contributed by atoms with van der Waals surface area (Å²) < 4.78 is 38.4. The SMILES string of the molecule is Cc1ccc([C@@H]2CC(c3cccs3)=NN2C(=O)CN(C)C(=O)c2ccc(C(F)(F)F)cc2)cc1. The summed E-state index contributed by atoms with van der Waals surface area (Å²) in [6.45, 7) is 1.72. The Bertz CT molecular complexity index is 1200. The molecule has 2 aromatic carbocycles. The number of hydrogen-bond acceptors (Lipinski definition) is 4. The highest BCUT2D eigenvalue weighted by molar-refractivity contribution is 7.12. The van der Waals surface area contributed by atoms with E-state index in [0.717, 1.165) is 46.0 Å². The molecule has 1 aliphatic heterocycles. The average molecular weight is 486 g/mol. The lowest BCUT2D eigenvalue weighted by Gasteiger charge is -2.25. The standard InChI is InChI=1S/C25H22F3N3O2S/c1-16-5-7-17(8-6-16)21-14-20(22-4-3-13-34-22)29-31(21)23(32)15-30(2)24(33)18-9-11-19(12-10-18)25(26,27)28/h3-13,21H,14-15H2,1-2H3/t21-/m0/s1. The van der Waals surface area contributed by atoms with Gasteiger partial charge < -0.3 is 4.90 Å². The maximum absolute atomic E-state index is 13.2. The van der Waals surface area contributed by atoms with Crippen molar-refractivity contribution in [1.29, 1.82) is 0 Å². The van der Waals surface area contributed by atoms with Crippen molar-refractivity contribution in [1.82, 2.24) is 9.91 Å². The van der Waals surface area contributed by atoms with Gasteiger partial charge in [-0.3, -0.25) is 9.59 Å². The van der Waals surface area contributed by atoms with Gasteiger partial charge in [0.2, 0.25) is 0 Å². The minimum Gasteiger partial charge on any atom is -0.332 e. The number of halogens is 3. The molecular formula is C25H22F3N3O2S. The van der Waals surface area contributed by atoms with Gasteiger partial charge in [0.1, 0.15) is 6.54 Å². The molecule has 0 fully saturated rings. The van der Waals surface area contributed by atoms with Gasteiger partial charge >= 0.3 is 6.18 Å². The number of hydrazone groups is 1. The molecule has 1 aromatic heterocycles. The molecule has 1 atom stereocenters. The molecule has 4 rings (SSSR count). The second-order valence-electron chi connectivity index (χ2n) is 8.13. The molecule has 0 saturated carbocycles. The zero-order valence-electron chi connectivity index (χ0n) is 18.5. The van der Waals surface area contributed by atoms with Gasteiger partial charge in [0, 0.05) is 19.0 Å². The van der Waals surface area contributed by atoms with Crippen molar-refractivity contribution in [3.8, 4) is 0 Å². The first-order valence-electron chi connectivity index (χ1n) is 10.6. The number of benzene rings is 2. The third-order valence-corrected chi connectivity index (χ3v) is 6.53. The van der Waals surface area contributed by atoms with Crippen molar-refractivity contribution in [2.75, 3.05) is 13.6 Å². The van der Waals surface area contributed by atoms with E-state index < -0.39 is 17.6 Å². The van der Waals surface area contributed by atoms with E-state index in [1.54, 1.807) is 0 Å². The number of carbonyl (C=O) groups is 2. The van der Waals surface area contributed by atoms with Gasteiger partial charge in [0.05, 0.1) is 22.2 Å². The van der Waals surface area contributed by atoms with Crippen LogP contribution in [0.2, 0.25) is 0 Å². The van der Waals surface area contributed by atoms with E-state index in [4.69, 9.17) is 0 Å². The van der Waals surface area contributed by atoms with E-state index in [0.29, 0.717) is 6.42 Å². The second-order valence-corrected chi connectivity index (χ2v) is 9.08. The molecule has 0 aliphatic carbocycles. The van der Waals surface area contributed by atoms with Gasteiger partial charge in [-0.2, -0.15) is 18.3 Å². The number of hydrogen-bond donors (Lipinski definition) is 0. The Morgan fingerprint density at radius 1 is 1.09 bits per heavy atom. The van der Waals surface area contributed by atoms with Gasteiger partial charge in [-0.15, -0.1) is 11.3 Å². The number of aryl methyl sites for hydroxylation is 1. The van der Waals surface area contributed by atoms with Crippen molar-refractivity contribution in [2.45, 2.75) is 25.6 Å². The van der Waals surface area contributed by atoms with Gasteiger partial charge in [-0.05, 0) is 48.2 Å². The summed E-state index contributed by atoms with van der Waals surface area (Å²) in [7, 11) is 1.44. The maximum Gasteiger partial charge on any atom is 0.416 e. The van der Waals surface area contributed by atoms with Gasteiger partial charge in [-0.25, -0.2) is 5.01 Å². The largest absolute Gasteiger partial charge is 0.416 e. The minimum absolute atomic E-state index is 0.0718. The number of amides is 2. The van der Waals surface area contributed by atoms with Crippen LogP contribution in [-0.2, 0) is 11.0 Å². The molecule has 176 valence electrons. The molecule has 0 saturated heterocycles. The van der Waals surface area contributed by atoms with Crippen LogP contribution in [0, 0.1) is 6.92 Å². The zero-order chi connectivity index (χ0) is 24.5. The third-order valence-electron chi connectivity index (χ3n) is 5.61. The monoisotopic (exact) mass is 485 g/mol. The van der Waals surface area contributed by atoms with E-state index in [2.05, 4.69) is 5.10 Å². The van der Waals surface area contributed by atoms with Crippen molar-refractivity contribution in [3.05, 3.63) is 93.2 Å². The van der Waals surface area contributed by atoms with E-state index in [1.165, 1.54) is 28.3 Å². The predicted molar refractivity (Wildman–Crippen MR) is 125 cm³/mol. The molecule has 2 amide bonds. The second kappa shape index (κ2) is 9.42. The molecule has 0 N–H and O–H groups in total. The first-order valence-corrected chi connectivity index (χ1v) is 11.4. The number of alkyl halides is 3. The molecular weight excluding hydrogens is 463 g/mol. The number of likely N-dealkylation sites (N-methyl/N-ethyl adjacent to an activating group) is 1. The Kier molecular flexibility index (Phi) is 6.56. The van der Waals surface area contributed by atoms with Crippen LogP contribution in [0.3, 0.4) is 0 Å². The highest BCUT2D eigenvalue weighted by Gasteiger charge is 2.34. The molecule has 0 spiro atoms. The fourth-order valence-corrected chi connectivity index (χ4v) is 4.47. The van der Waals surface area contributed by atoms with E-state index >= 15 is 0 Å². The van der Waals surface area contributed by atoms with Crippen LogP contribution in [0.4, 0.5) is 13.2 Å². The summed E-state index contributed by atoms with van der Waals surface area (Å²) in [5, 5.41) is 7.94. The quantitative estimate of drug-likeness (QED) is 0.478. The number of rotatable bonds is 5. The van der Waals surface area contributed by atoms with Crippen LogP contribution < -0.4 is 0 Å². The Hall–Kier alpha value is -3.46. The van der Waals surface area contributed by atoms with E-state index in [1.807, 2.05) is 48.7 Å². The highest BCUT2D eigenvalue weighted by atomic mass is 32.1. The lowest BCUT2D eigenvalue weighted by molar-refractivity contribution is -0.137. The summed E-state index contributed by atoms with van der Waals surface area (Å²) in [5.41, 5.74) is 2.07. The molecule has 0 radical (unpaired) electrons. The van der Waals surface area contributed by atoms with Gasteiger partial charge in [0.15, 0.2) is 0 Å². The topological polar surface area (TPSA) is 53.0 Å². The molecule has 5 nitrogen and oxygen atoms in total. The van der Waals surface area contributed by atoms with Crippen LogP contribution in [0.5, 0.6) is 0 Å². The minimum atomic E-state index is -4.48. The highest BCUT2D eigenvalue weighted by Crippen LogP contribution is 2.34. The molecule has 0 unspecified atom stereocenters. The fourth-order valence-electron chi connectivity index (χ4n) is 3.75. The van der Waals surface area contributed by atoms with Crippen LogP contribution in [0.25, 0.3) is 0 Å². The van der Waals surface area contributed by atoms with Gasteiger partial charge in [-0.1, -0.05) is 35.9 Å². The van der Waals surface area contributed by atoms with Crippen LogP contribution in [0.1, 0.15) is 44.4 Å². The zero-order valence-corrected chi connectivity index (χ0v) is 19.4. The molecule has 3 aromatic rings. The third kappa shape index (κ3) is 5.04. The Balaban J connectivity index is 1.52. The van der Waals surface area contributed by atoms with Crippen molar-refractivity contribution in [3.63, 3.8) is 0 Å². The molecule has 2 heterocycles. The fraction of sp³-hybridized carbons (Fsp3) is 0.240. The molecule has 34 heavy (non-hydrogen) atoms. The number of thiophene rings is 1. The first-order chi connectivity index (χ1) is 16.1. The maximum atomic E-state index is 13.2.